The van der Waals surface area contributed by atoms with Gasteiger partial charge in [0.15, 0.2) is 0 Å². The predicted molar refractivity (Wildman–Crippen MR) is 54.2 cm³/mol. The Morgan fingerprint density at radius 1 is 1.38 bits per heavy atom. The number of alkyl halides is 2. The van der Waals surface area contributed by atoms with Crippen LogP contribution in [-0.2, 0) is 0 Å². The van der Waals surface area contributed by atoms with E-state index in [-0.39, 0.29) is 19.4 Å². The zero-order valence-corrected chi connectivity index (χ0v) is 8.67. The van der Waals surface area contributed by atoms with Crippen molar-refractivity contribution < 1.29 is 13.2 Å². The maximum absolute atomic E-state index is 13.2. The molecular weight excluding hydrogens is 217 g/mol. The van der Waals surface area contributed by atoms with E-state index in [4.69, 9.17) is 5.84 Å². The highest BCUT2D eigenvalue weighted by molar-refractivity contribution is 5.21. The van der Waals surface area contributed by atoms with E-state index in [2.05, 4.69) is 0 Å². The average molecular weight is 230 g/mol. The fraction of sp³-hybridized carbons (Fsp3) is 0.455. The van der Waals surface area contributed by atoms with E-state index in [9.17, 15) is 13.2 Å². The first-order chi connectivity index (χ1) is 7.48. The van der Waals surface area contributed by atoms with E-state index in [1.165, 1.54) is 23.2 Å². The van der Waals surface area contributed by atoms with E-state index in [1.807, 2.05) is 0 Å². The minimum Gasteiger partial charge on any atom is -0.268 e. The first kappa shape index (κ1) is 11.4. The third-order valence-electron chi connectivity index (χ3n) is 2.86. The maximum atomic E-state index is 13.2. The number of hydrogen-bond acceptors (Lipinski definition) is 2. The van der Waals surface area contributed by atoms with Gasteiger partial charge in [0.2, 0.25) is 0 Å². The Morgan fingerprint density at radius 3 is 2.81 bits per heavy atom. The summed E-state index contributed by atoms with van der Waals surface area (Å²) >= 11 is 0. The van der Waals surface area contributed by atoms with Crippen LogP contribution in [0.1, 0.15) is 24.4 Å². The molecule has 1 aromatic carbocycles. The van der Waals surface area contributed by atoms with Crippen molar-refractivity contribution >= 4 is 0 Å². The molecule has 1 saturated heterocycles. The number of nitrogens with zero attached hydrogens (tertiary/aromatic N) is 1. The molecule has 0 radical (unpaired) electrons. The number of hydrogen-bond donors (Lipinski definition) is 1. The molecule has 0 aromatic heterocycles. The Kier molecular flexibility index (Phi) is 2.90. The van der Waals surface area contributed by atoms with Crippen molar-refractivity contribution in [3.63, 3.8) is 0 Å². The Balaban J connectivity index is 2.25. The van der Waals surface area contributed by atoms with Gasteiger partial charge in [-0.05, 0) is 17.7 Å². The molecule has 1 unspecified atom stereocenters. The van der Waals surface area contributed by atoms with Crippen molar-refractivity contribution in [3.8, 4) is 0 Å². The van der Waals surface area contributed by atoms with Crippen LogP contribution < -0.4 is 5.84 Å². The van der Waals surface area contributed by atoms with E-state index in [0.717, 1.165) is 0 Å². The summed E-state index contributed by atoms with van der Waals surface area (Å²) in [6, 6.07) is 5.05. The first-order valence-electron chi connectivity index (χ1n) is 5.12. The van der Waals surface area contributed by atoms with Gasteiger partial charge in [0.25, 0.3) is 5.92 Å². The molecule has 0 bridgehead atoms. The van der Waals surface area contributed by atoms with Crippen molar-refractivity contribution in [2.75, 3.05) is 6.54 Å². The summed E-state index contributed by atoms with van der Waals surface area (Å²) in [4.78, 5) is 0. The SMILES string of the molecule is NN1CCC(F)(F)CC1c1cccc(F)c1. The summed E-state index contributed by atoms with van der Waals surface area (Å²) in [6.45, 7) is 0.119. The van der Waals surface area contributed by atoms with Gasteiger partial charge in [-0.25, -0.2) is 18.2 Å². The lowest BCUT2D eigenvalue weighted by Gasteiger charge is -2.36. The lowest BCUT2D eigenvalue weighted by atomic mass is 9.94. The van der Waals surface area contributed by atoms with E-state index in [0.29, 0.717) is 5.56 Å². The molecule has 0 saturated carbocycles. The Bertz CT molecular complexity index is 381. The molecule has 0 aliphatic carbocycles. The maximum Gasteiger partial charge on any atom is 0.251 e. The van der Waals surface area contributed by atoms with Crippen molar-refractivity contribution in [2.24, 2.45) is 5.84 Å². The molecule has 2 N–H and O–H groups in total. The van der Waals surface area contributed by atoms with Gasteiger partial charge in [-0.2, -0.15) is 0 Å². The summed E-state index contributed by atoms with van der Waals surface area (Å²) in [5, 5.41) is 1.35. The van der Waals surface area contributed by atoms with Crippen molar-refractivity contribution in [3.05, 3.63) is 35.6 Å². The zero-order valence-electron chi connectivity index (χ0n) is 8.67. The largest absolute Gasteiger partial charge is 0.268 e. The van der Waals surface area contributed by atoms with E-state index in [1.54, 1.807) is 6.07 Å². The van der Waals surface area contributed by atoms with Gasteiger partial charge in [0, 0.05) is 19.4 Å². The predicted octanol–water partition coefficient (Wildman–Crippen LogP) is 2.47. The van der Waals surface area contributed by atoms with Gasteiger partial charge in [0.1, 0.15) is 5.82 Å². The summed E-state index contributed by atoms with van der Waals surface area (Å²) in [5.41, 5.74) is 0.502. The van der Waals surface area contributed by atoms with Gasteiger partial charge in [0.05, 0.1) is 6.04 Å². The number of piperidine rings is 1. The lowest BCUT2D eigenvalue weighted by molar-refractivity contribution is -0.0799. The van der Waals surface area contributed by atoms with Crippen LogP contribution in [0.25, 0.3) is 0 Å². The van der Waals surface area contributed by atoms with Crippen LogP contribution in [0.2, 0.25) is 0 Å². The van der Waals surface area contributed by atoms with Crippen LogP contribution in [0.15, 0.2) is 24.3 Å². The van der Waals surface area contributed by atoms with Gasteiger partial charge in [-0.3, -0.25) is 5.84 Å². The highest BCUT2D eigenvalue weighted by Gasteiger charge is 2.39. The molecule has 0 amide bonds. The summed E-state index contributed by atoms with van der Waals surface area (Å²) in [6.07, 6.45) is -0.595. The highest BCUT2D eigenvalue weighted by atomic mass is 19.3. The Labute approximate surface area is 91.8 Å². The van der Waals surface area contributed by atoms with Gasteiger partial charge in [-0.1, -0.05) is 12.1 Å². The third-order valence-corrected chi connectivity index (χ3v) is 2.86. The smallest absolute Gasteiger partial charge is 0.251 e. The molecule has 1 aliphatic heterocycles. The number of nitrogens with two attached hydrogens (primary N) is 1. The molecule has 1 aromatic rings. The van der Waals surface area contributed by atoms with E-state index < -0.39 is 17.8 Å². The standard InChI is InChI=1S/C11H13F3N2/c12-9-3-1-2-8(6-9)10-7-11(13,14)4-5-16(10)15/h1-3,6,10H,4-5,7,15H2. The van der Waals surface area contributed by atoms with Crippen LogP contribution >= 0.6 is 0 Å². The van der Waals surface area contributed by atoms with Crippen LogP contribution in [0.4, 0.5) is 13.2 Å². The van der Waals surface area contributed by atoms with Gasteiger partial charge < -0.3 is 0 Å². The van der Waals surface area contributed by atoms with Crippen molar-refractivity contribution in [1.29, 1.82) is 0 Å². The van der Waals surface area contributed by atoms with Crippen LogP contribution in [0.5, 0.6) is 0 Å². The zero-order chi connectivity index (χ0) is 11.8. The van der Waals surface area contributed by atoms with Crippen LogP contribution in [0, 0.1) is 5.82 Å². The fourth-order valence-electron chi connectivity index (χ4n) is 1.97. The molecule has 2 nitrogen and oxygen atoms in total. The normalized spacial score (nSPS) is 25.6. The molecule has 2 rings (SSSR count). The minimum atomic E-state index is -2.72. The number of rotatable bonds is 1. The number of benzene rings is 1. The highest BCUT2D eigenvalue weighted by Crippen LogP contribution is 2.38. The van der Waals surface area contributed by atoms with Crippen molar-refractivity contribution in [2.45, 2.75) is 24.8 Å². The number of halogens is 3. The molecule has 1 fully saturated rings. The van der Waals surface area contributed by atoms with E-state index >= 15 is 0 Å². The first-order valence-corrected chi connectivity index (χ1v) is 5.12. The number of hydrazine groups is 1. The summed E-state index contributed by atoms with van der Waals surface area (Å²) in [7, 11) is 0. The van der Waals surface area contributed by atoms with Gasteiger partial charge in [-0.15, -0.1) is 0 Å². The quantitative estimate of drug-likeness (QED) is 0.751. The second-order valence-corrected chi connectivity index (χ2v) is 4.12. The molecule has 0 spiro atoms. The van der Waals surface area contributed by atoms with Crippen molar-refractivity contribution in [1.82, 2.24) is 5.01 Å². The molecular formula is C11H13F3N2. The molecule has 16 heavy (non-hydrogen) atoms. The molecule has 1 atom stereocenters. The second kappa shape index (κ2) is 4.07. The minimum absolute atomic E-state index is 0.119. The monoisotopic (exact) mass is 230 g/mol. The Hall–Kier alpha value is -1.07. The topological polar surface area (TPSA) is 29.3 Å². The second-order valence-electron chi connectivity index (χ2n) is 4.12. The Morgan fingerprint density at radius 2 is 2.12 bits per heavy atom. The third kappa shape index (κ3) is 2.36. The molecule has 88 valence electrons. The lowest BCUT2D eigenvalue weighted by Crippen LogP contribution is -2.45. The summed E-state index contributed by atoms with van der Waals surface area (Å²) in [5.74, 6) is 2.51. The summed E-state index contributed by atoms with van der Waals surface area (Å²) < 4.78 is 39.5. The molecule has 1 heterocycles. The van der Waals surface area contributed by atoms with Crippen LogP contribution in [0.3, 0.4) is 0 Å². The average Bonchev–Trinajstić information content (AvgIpc) is 2.22. The van der Waals surface area contributed by atoms with Gasteiger partial charge >= 0.3 is 0 Å². The van der Waals surface area contributed by atoms with Crippen LogP contribution in [-0.4, -0.2) is 17.5 Å². The molecule has 5 heteroatoms. The molecule has 1 aliphatic rings. The fourth-order valence-corrected chi connectivity index (χ4v) is 1.97.